The summed E-state index contributed by atoms with van der Waals surface area (Å²) in [5, 5.41) is 2.81. The zero-order chi connectivity index (χ0) is 11.4. The number of rotatable bonds is 4. The molecule has 1 aliphatic rings. The number of amides is 1. The molecular formula is C11H17N3O2. The maximum absolute atomic E-state index is 11.6. The zero-order valence-electron chi connectivity index (χ0n) is 9.19. The first kappa shape index (κ1) is 11.2. The van der Waals surface area contributed by atoms with Crippen LogP contribution in [0.4, 0.5) is 0 Å². The number of carbonyl (C=O) groups excluding carboxylic acids is 1. The molecular weight excluding hydrogens is 206 g/mol. The number of hydrogen-bond acceptors (Lipinski definition) is 4. The van der Waals surface area contributed by atoms with Crippen LogP contribution >= 0.6 is 0 Å². The number of likely N-dealkylation sites (tertiary alicyclic amines) is 1. The molecule has 1 aliphatic heterocycles. The molecule has 1 aromatic heterocycles. The number of hydrogen-bond donors (Lipinski definition) is 2. The van der Waals surface area contributed by atoms with Crippen LogP contribution in [0.1, 0.15) is 12.2 Å². The lowest BCUT2D eigenvalue weighted by Gasteiger charge is -2.14. The summed E-state index contributed by atoms with van der Waals surface area (Å²) in [5.74, 6) is 0.789. The minimum Gasteiger partial charge on any atom is -0.467 e. The molecule has 1 saturated heterocycles. The van der Waals surface area contributed by atoms with Crippen molar-refractivity contribution in [3.63, 3.8) is 0 Å². The standard InChI is InChI=1S/C11H17N3O2/c12-9-3-4-14(7-9)8-11(15)13-6-10-2-1-5-16-10/h1-2,5,9H,3-4,6-8,12H2,(H,13,15)/t9-/m1/s1. The summed E-state index contributed by atoms with van der Waals surface area (Å²) in [6, 6.07) is 3.87. The molecule has 1 aromatic rings. The molecule has 0 aromatic carbocycles. The van der Waals surface area contributed by atoms with Gasteiger partial charge in [0.25, 0.3) is 0 Å². The Labute approximate surface area is 94.6 Å². The summed E-state index contributed by atoms with van der Waals surface area (Å²) in [4.78, 5) is 13.6. The predicted molar refractivity (Wildman–Crippen MR) is 59.6 cm³/mol. The Morgan fingerprint density at radius 3 is 3.19 bits per heavy atom. The van der Waals surface area contributed by atoms with Gasteiger partial charge < -0.3 is 15.5 Å². The average molecular weight is 223 g/mol. The molecule has 5 heteroatoms. The molecule has 0 bridgehead atoms. The Balaban J connectivity index is 1.68. The van der Waals surface area contributed by atoms with E-state index in [-0.39, 0.29) is 11.9 Å². The zero-order valence-corrected chi connectivity index (χ0v) is 9.19. The van der Waals surface area contributed by atoms with Crippen LogP contribution < -0.4 is 11.1 Å². The van der Waals surface area contributed by atoms with Crippen molar-refractivity contribution in [2.75, 3.05) is 19.6 Å². The molecule has 0 radical (unpaired) electrons. The Bertz CT molecular complexity index is 337. The van der Waals surface area contributed by atoms with Gasteiger partial charge in [0.1, 0.15) is 5.76 Å². The van der Waals surface area contributed by atoms with Crippen LogP contribution in [0.5, 0.6) is 0 Å². The second kappa shape index (κ2) is 5.14. The van der Waals surface area contributed by atoms with Gasteiger partial charge in [-0.05, 0) is 18.6 Å². The first-order valence-electron chi connectivity index (χ1n) is 5.51. The van der Waals surface area contributed by atoms with Crippen molar-refractivity contribution in [3.8, 4) is 0 Å². The summed E-state index contributed by atoms with van der Waals surface area (Å²) in [5.41, 5.74) is 5.76. The predicted octanol–water partition coefficient (Wildman–Crippen LogP) is -0.0712. The van der Waals surface area contributed by atoms with Gasteiger partial charge in [-0.3, -0.25) is 9.69 Å². The van der Waals surface area contributed by atoms with E-state index in [4.69, 9.17) is 10.2 Å². The maximum Gasteiger partial charge on any atom is 0.234 e. The molecule has 16 heavy (non-hydrogen) atoms. The van der Waals surface area contributed by atoms with Gasteiger partial charge in [-0.25, -0.2) is 0 Å². The highest BCUT2D eigenvalue weighted by Crippen LogP contribution is 2.05. The Morgan fingerprint density at radius 2 is 2.56 bits per heavy atom. The summed E-state index contributed by atoms with van der Waals surface area (Å²) in [7, 11) is 0. The van der Waals surface area contributed by atoms with Crippen molar-refractivity contribution in [1.29, 1.82) is 0 Å². The largest absolute Gasteiger partial charge is 0.467 e. The SMILES string of the molecule is N[C@@H]1CCN(CC(=O)NCc2ccco2)C1. The van der Waals surface area contributed by atoms with E-state index in [1.54, 1.807) is 12.3 Å². The molecule has 2 heterocycles. The quantitative estimate of drug-likeness (QED) is 0.749. The van der Waals surface area contributed by atoms with Gasteiger partial charge in [0.15, 0.2) is 0 Å². The van der Waals surface area contributed by atoms with Crippen LogP contribution in [-0.2, 0) is 11.3 Å². The number of nitrogens with one attached hydrogen (secondary N) is 1. The fraction of sp³-hybridized carbons (Fsp3) is 0.545. The molecule has 3 N–H and O–H groups in total. The van der Waals surface area contributed by atoms with Crippen LogP contribution in [0, 0.1) is 0 Å². The summed E-state index contributed by atoms with van der Waals surface area (Å²) in [6.07, 6.45) is 2.58. The normalized spacial score (nSPS) is 21.2. The molecule has 0 aliphatic carbocycles. The number of nitrogens with zero attached hydrogens (tertiary/aromatic N) is 1. The van der Waals surface area contributed by atoms with Crippen molar-refractivity contribution < 1.29 is 9.21 Å². The van der Waals surface area contributed by atoms with Crippen LogP contribution in [0.15, 0.2) is 22.8 Å². The van der Waals surface area contributed by atoms with Gasteiger partial charge in [-0.2, -0.15) is 0 Å². The summed E-state index contributed by atoms with van der Waals surface area (Å²) in [6.45, 7) is 2.60. The molecule has 88 valence electrons. The van der Waals surface area contributed by atoms with Gasteiger partial charge in [0.05, 0.1) is 19.4 Å². The van der Waals surface area contributed by atoms with E-state index in [2.05, 4.69) is 10.2 Å². The van der Waals surface area contributed by atoms with E-state index in [0.717, 1.165) is 25.3 Å². The smallest absolute Gasteiger partial charge is 0.234 e. The van der Waals surface area contributed by atoms with Gasteiger partial charge in [0.2, 0.25) is 5.91 Å². The highest BCUT2D eigenvalue weighted by molar-refractivity contribution is 5.77. The lowest BCUT2D eigenvalue weighted by Crippen LogP contribution is -2.36. The summed E-state index contributed by atoms with van der Waals surface area (Å²) >= 11 is 0. The van der Waals surface area contributed by atoms with Crippen LogP contribution in [-0.4, -0.2) is 36.5 Å². The average Bonchev–Trinajstić information content (AvgIpc) is 2.87. The van der Waals surface area contributed by atoms with Crippen molar-refractivity contribution in [2.24, 2.45) is 5.73 Å². The highest BCUT2D eigenvalue weighted by atomic mass is 16.3. The lowest BCUT2D eigenvalue weighted by atomic mass is 10.3. The van der Waals surface area contributed by atoms with Gasteiger partial charge in [-0.1, -0.05) is 0 Å². The van der Waals surface area contributed by atoms with Gasteiger partial charge in [-0.15, -0.1) is 0 Å². The molecule has 2 rings (SSSR count). The minimum atomic E-state index is 0.0190. The van der Waals surface area contributed by atoms with Crippen molar-refractivity contribution >= 4 is 5.91 Å². The number of furan rings is 1. The first-order chi connectivity index (χ1) is 7.74. The second-order valence-electron chi connectivity index (χ2n) is 4.14. The Morgan fingerprint density at radius 1 is 1.69 bits per heavy atom. The summed E-state index contributed by atoms with van der Waals surface area (Å²) < 4.78 is 5.12. The van der Waals surface area contributed by atoms with E-state index in [0.29, 0.717) is 13.1 Å². The van der Waals surface area contributed by atoms with Crippen molar-refractivity contribution in [2.45, 2.75) is 19.0 Å². The number of carbonyl (C=O) groups is 1. The Kier molecular flexibility index (Phi) is 3.58. The Hall–Kier alpha value is -1.33. The second-order valence-corrected chi connectivity index (χ2v) is 4.14. The molecule has 1 amide bonds. The highest BCUT2D eigenvalue weighted by Gasteiger charge is 2.20. The van der Waals surface area contributed by atoms with Gasteiger partial charge >= 0.3 is 0 Å². The van der Waals surface area contributed by atoms with Crippen LogP contribution in [0.3, 0.4) is 0 Å². The molecule has 1 fully saturated rings. The third-order valence-electron chi connectivity index (χ3n) is 2.72. The van der Waals surface area contributed by atoms with Gasteiger partial charge in [0, 0.05) is 19.1 Å². The van der Waals surface area contributed by atoms with E-state index in [1.807, 2.05) is 6.07 Å². The van der Waals surface area contributed by atoms with Crippen molar-refractivity contribution in [1.82, 2.24) is 10.2 Å². The first-order valence-corrected chi connectivity index (χ1v) is 5.51. The fourth-order valence-electron chi connectivity index (χ4n) is 1.86. The third-order valence-corrected chi connectivity index (χ3v) is 2.72. The molecule has 5 nitrogen and oxygen atoms in total. The van der Waals surface area contributed by atoms with Crippen LogP contribution in [0.25, 0.3) is 0 Å². The van der Waals surface area contributed by atoms with E-state index >= 15 is 0 Å². The fourth-order valence-corrected chi connectivity index (χ4v) is 1.86. The minimum absolute atomic E-state index is 0.0190. The molecule has 0 spiro atoms. The van der Waals surface area contributed by atoms with Crippen molar-refractivity contribution in [3.05, 3.63) is 24.2 Å². The lowest BCUT2D eigenvalue weighted by molar-refractivity contribution is -0.122. The third kappa shape index (κ3) is 3.08. The van der Waals surface area contributed by atoms with E-state index < -0.39 is 0 Å². The molecule has 1 atom stereocenters. The van der Waals surface area contributed by atoms with Crippen LogP contribution in [0.2, 0.25) is 0 Å². The maximum atomic E-state index is 11.6. The van der Waals surface area contributed by atoms with E-state index in [1.165, 1.54) is 0 Å². The topological polar surface area (TPSA) is 71.5 Å². The molecule has 0 saturated carbocycles. The molecule has 0 unspecified atom stereocenters. The number of nitrogens with two attached hydrogens (primary N) is 1. The monoisotopic (exact) mass is 223 g/mol. The van der Waals surface area contributed by atoms with E-state index in [9.17, 15) is 4.79 Å².